The minimum absolute atomic E-state index is 0. The number of carbonyl (C=O) groups is 5. The van der Waals surface area contributed by atoms with Crippen LogP contribution in [0.5, 0.6) is 5.75 Å². The molecule has 2 saturated carbocycles. The predicted octanol–water partition coefficient (Wildman–Crippen LogP) is 18.9. The highest BCUT2D eigenvalue weighted by Crippen LogP contribution is 2.36. The molecular formula is C90H104BrCl4F14N21O6. The van der Waals surface area contributed by atoms with Crippen LogP contribution >= 0.6 is 62.3 Å². The number of rotatable bonds is 28. The normalized spacial score (nSPS) is 16.5. The molecular weight excluding hydrogens is 1960 g/mol. The third kappa shape index (κ3) is 30.9. The predicted molar refractivity (Wildman–Crippen MR) is 490 cm³/mol. The fourth-order valence-corrected chi connectivity index (χ4v) is 16.5. The zero-order valence-corrected chi connectivity index (χ0v) is 77.5. The van der Waals surface area contributed by atoms with Gasteiger partial charge in [0.25, 0.3) is 29.5 Å². The Kier molecular flexibility index (Phi) is 38.7. The Balaban J connectivity index is 0.000000176. The lowest BCUT2D eigenvalue weighted by molar-refractivity contribution is -0.142. The van der Waals surface area contributed by atoms with Gasteiger partial charge >= 0.3 is 18.5 Å². The van der Waals surface area contributed by atoms with Gasteiger partial charge in [0, 0.05) is 214 Å². The van der Waals surface area contributed by atoms with Gasteiger partial charge in [0.05, 0.1) is 0 Å². The van der Waals surface area contributed by atoms with Crippen LogP contribution in [0.1, 0.15) is 181 Å². The number of H-pyrrole nitrogens is 5. The Labute approximate surface area is 802 Å². The molecule has 738 valence electrons. The number of halogens is 19. The van der Waals surface area contributed by atoms with E-state index >= 15 is 0 Å². The number of carbonyl (C=O) groups excluding carboxylic acids is 5. The van der Waals surface area contributed by atoms with Crippen molar-refractivity contribution in [2.75, 3.05) is 109 Å². The molecule has 5 fully saturated rings. The smallest absolute Gasteiger partial charge is 0.432 e. The van der Waals surface area contributed by atoms with Crippen LogP contribution < -0.4 is 17.2 Å². The number of aromatic nitrogens is 10. The number of phenolic OH excluding ortho intramolecular Hbond substituents is 1. The van der Waals surface area contributed by atoms with E-state index in [1.54, 1.807) is 76.5 Å². The van der Waals surface area contributed by atoms with Crippen molar-refractivity contribution in [3.63, 3.8) is 0 Å². The number of alkyl halides is 12. The minimum Gasteiger partial charge on any atom is -0.508 e. The SMILES string of the molecule is C.Cc1ccc(CN(CC2CCC2)C(=O)c2cc(Cl)[nH]n2)c(F)c1.Nc1cccc(Cl)c1CN(CCN1CCCC(F)CC1)C(=O)c1cc(C(F)(F)F)[nH]n1.Nc1cccc(Cl)c1CN(CCN1CC[C@@H](F)C1)C(=O)c1cc(C(F)(F)F)[nH]n1.Nc1cccc(Cl)c1CN(CCN1CC[C@H](F)C1)C(=O)c1cc(C(F)(F)F)[nH]n1.O=C(c1cc(Br)[nH]n1)N(Cc1ccc(O)cc1F)CC1CCC1. The fourth-order valence-electron chi connectivity index (χ4n) is 15.3. The maximum Gasteiger partial charge on any atom is 0.432 e. The lowest BCUT2D eigenvalue weighted by Crippen LogP contribution is -2.39. The number of aromatic hydroxyl groups is 1. The first-order chi connectivity index (χ1) is 64.0. The molecule has 15 rings (SSSR count). The molecule has 3 saturated heterocycles. The summed E-state index contributed by atoms with van der Waals surface area (Å²) < 4.78 is 185. The number of hydrogen-bond donors (Lipinski definition) is 9. The van der Waals surface area contributed by atoms with Crippen LogP contribution in [0.15, 0.2) is 126 Å². The average Bonchev–Trinajstić information content (AvgIpc) is 1.65. The summed E-state index contributed by atoms with van der Waals surface area (Å²) in [6.45, 7) is 8.02. The molecule has 0 bridgehead atoms. The number of likely N-dealkylation sites (tertiary alicyclic amines) is 3. The molecule has 3 atom stereocenters. The standard InChI is InChI=1S/C20H24ClF4N5O.2C18H20ClF4N5O.C17H19ClFN3O.C16H17BrFN3O2.CH4/c21-15-4-1-5-16(26)14(15)12-30(10-9-29-7-2-3-13(22)6-8-29)19(31)17-11-18(28-27-17)20(23,24)25;2*19-13-2-1-3-14(24)12(13)10-28(7-6-27-5-4-11(20)9-27)17(29)15-8-16(26-25-15)18(21,22)23;1-11-5-6-13(14(19)7-11)10-22(9-12-3-2-4-12)17(23)15-8-16(18)21-20-15;17-15-7-14(19-20-15)16(23)21(8-10-2-1-3-10)9-11-4-5-12(22)6-13(11)18;/h1,4-5,11,13H,2-3,6-10,12,26H2,(H,27,28);2*1-3,8,11H,4-7,9-10,24H2,(H,25,26);5-8,12H,2-4,9-10H2,1H3,(H,20,21);4-7,10,22H,1-3,8-9H2,(H,19,20);1H4/t;2*11-;;;/m.10.../s1. The van der Waals surface area contributed by atoms with Crippen molar-refractivity contribution in [3.05, 3.63) is 237 Å². The molecule has 10 aromatic rings. The van der Waals surface area contributed by atoms with Crippen molar-refractivity contribution >= 4 is 109 Å². The van der Waals surface area contributed by atoms with Crippen molar-refractivity contribution in [1.29, 1.82) is 0 Å². The molecule has 3 aliphatic heterocycles. The topological polar surface area (TPSA) is 353 Å². The molecule has 5 aromatic carbocycles. The summed E-state index contributed by atoms with van der Waals surface area (Å²) in [5.74, 6) is -2.51. The van der Waals surface area contributed by atoms with Crippen molar-refractivity contribution < 1.29 is 90.5 Å². The van der Waals surface area contributed by atoms with E-state index in [2.05, 4.69) is 51.6 Å². The maximum absolute atomic E-state index is 14.1. The fraction of sp³-hybridized carbons (Fsp3) is 0.444. The summed E-state index contributed by atoms with van der Waals surface area (Å²) in [6.07, 6.45) is -7.37. The highest BCUT2D eigenvalue weighted by molar-refractivity contribution is 9.10. The second-order valence-corrected chi connectivity index (χ2v) is 35.9. The molecule has 5 amide bonds. The highest BCUT2D eigenvalue weighted by atomic mass is 79.9. The van der Waals surface area contributed by atoms with Crippen LogP contribution in [0, 0.1) is 30.4 Å². The van der Waals surface area contributed by atoms with Crippen molar-refractivity contribution in [1.82, 2.24) is 90.2 Å². The summed E-state index contributed by atoms with van der Waals surface area (Å²) in [5, 5.41) is 39.9. The van der Waals surface area contributed by atoms with E-state index in [4.69, 9.17) is 63.6 Å². The van der Waals surface area contributed by atoms with Gasteiger partial charge in [0.1, 0.15) is 62.7 Å². The zero-order chi connectivity index (χ0) is 97.8. The van der Waals surface area contributed by atoms with Gasteiger partial charge in [0.2, 0.25) is 0 Å². The first-order valence-electron chi connectivity index (χ1n) is 43.2. The van der Waals surface area contributed by atoms with E-state index in [-0.39, 0.29) is 119 Å². The van der Waals surface area contributed by atoms with Crippen LogP contribution in [0.4, 0.5) is 78.5 Å². The van der Waals surface area contributed by atoms with E-state index in [1.165, 1.54) is 51.8 Å². The summed E-state index contributed by atoms with van der Waals surface area (Å²) in [5.41, 5.74) is 18.4. The van der Waals surface area contributed by atoms with Gasteiger partial charge in [-0.15, -0.1) is 0 Å². The Bertz CT molecular complexity index is 5320. The van der Waals surface area contributed by atoms with Gasteiger partial charge in [-0.05, 0) is 153 Å². The Hall–Kier alpha value is -10.8. The number of anilines is 3. The highest BCUT2D eigenvalue weighted by Gasteiger charge is 2.39. The van der Waals surface area contributed by atoms with Gasteiger partial charge in [-0.25, -0.2) is 22.0 Å². The number of nitrogens with two attached hydrogens (primary N) is 3. The number of nitrogens with zero attached hydrogens (tertiary/aromatic N) is 13. The lowest BCUT2D eigenvalue weighted by atomic mass is 9.85. The van der Waals surface area contributed by atoms with E-state index in [9.17, 15) is 90.5 Å². The Morgan fingerprint density at radius 1 is 0.426 bits per heavy atom. The number of aromatic amines is 5. The van der Waals surface area contributed by atoms with Crippen LogP contribution in [-0.2, 0) is 51.3 Å². The average molecular weight is 2060 g/mol. The monoisotopic (exact) mass is 2060 g/mol. The molecule has 8 heterocycles. The quantitative estimate of drug-likeness (QED) is 0.0162. The van der Waals surface area contributed by atoms with Gasteiger partial charge in [-0.2, -0.15) is 65.0 Å². The van der Waals surface area contributed by atoms with Crippen molar-refractivity contribution in [2.24, 2.45) is 11.8 Å². The Morgan fingerprint density at radius 3 is 1.11 bits per heavy atom. The largest absolute Gasteiger partial charge is 0.508 e. The minimum atomic E-state index is -4.64. The molecule has 2 aliphatic carbocycles. The number of phenols is 1. The molecule has 12 N–H and O–H groups in total. The summed E-state index contributed by atoms with van der Waals surface area (Å²) >= 11 is 27.6. The number of aryl methyl sites for hydroxylation is 1. The molecule has 46 heteroatoms. The summed E-state index contributed by atoms with van der Waals surface area (Å²) in [4.78, 5) is 77.2. The third-order valence-corrected chi connectivity index (χ3v) is 25.1. The summed E-state index contributed by atoms with van der Waals surface area (Å²) in [7, 11) is 0. The van der Waals surface area contributed by atoms with Crippen LogP contribution in [0.3, 0.4) is 0 Å². The van der Waals surface area contributed by atoms with Crippen molar-refractivity contribution in [2.45, 2.75) is 155 Å². The first kappa shape index (κ1) is 107. The van der Waals surface area contributed by atoms with Gasteiger partial charge in [-0.3, -0.25) is 59.3 Å². The molecule has 0 spiro atoms. The second-order valence-electron chi connectivity index (χ2n) is 33.4. The molecule has 136 heavy (non-hydrogen) atoms. The lowest BCUT2D eigenvalue weighted by Gasteiger charge is -2.32. The maximum atomic E-state index is 14.1. The van der Waals surface area contributed by atoms with Crippen molar-refractivity contribution in [3.8, 4) is 5.75 Å². The number of benzene rings is 5. The molecule has 27 nitrogen and oxygen atoms in total. The van der Waals surface area contributed by atoms with E-state index in [0.717, 1.165) is 37.3 Å². The Morgan fingerprint density at radius 2 is 0.779 bits per heavy atom. The summed E-state index contributed by atoms with van der Waals surface area (Å²) in [6, 6.07) is 28.9. The van der Waals surface area contributed by atoms with Gasteiger partial charge in [0.15, 0.2) is 28.5 Å². The molecule has 5 aromatic heterocycles. The van der Waals surface area contributed by atoms with Gasteiger partial charge < -0.3 is 51.7 Å². The van der Waals surface area contributed by atoms with E-state index < -0.39 is 77.7 Å². The van der Waals surface area contributed by atoms with E-state index in [1.807, 2.05) is 43.0 Å². The molecule has 0 radical (unpaired) electrons. The zero-order valence-electron chi connectivity index (χ0n) is 72.9. The van der Waals surface area contributed by atoms with Gasteiger partial charge in [-0.1, -0.05) is 103 Å². The van der Waals surface area contributed by atoms with E-state index in [0.29, 0.717) is 196 Å². The molecule has 1 unspecified atom stereocenters. The number of hydrogen-bond acceptors (Lipinski definition) is 17. The number of amides is 5. The van der Waals surface area contributed by atoms with Crippen LogP contribution in [-0.4, -0.2) is 235 Å². The number of nitrogen functional groups attached to an aromatic ring is 3. The third-order valence-electron chi connectivity index (χ3n) is 23.4. The first-order valence-corrected chi connectivity index (χ1v) is 45.5. The second kappa shape index (κ2) is 49.0. The van der Waals surface area contributed by atoms with Crippen LogP contribution in [0.25, 0.3) is 0 Å². The van der Waals surface area contributed by atoms with Crippen LogP contribution in [0.2, 0.25) is 20.2 Å². The molecule has 5 aliphatic rings. The number of nitrogens with one attached hydrogen (secondary N) is 5.